The molecule has 1 fully saturated rings. The molecule has 3 heteroatoms. The summed E-state index contributed by atoms with van der Waals surface area (Å²) in [7, 11) is 2.12. The van der Waals surface area contributed by atoms with Crippen LogP contribution in [-0.2, 0) is 18.3 Å². The Morgan fingerprint density at radius 3 is 2.76 bits per heavy atom. The fourth-order valence-electron chi connectivity index (χ4n) is 2.55. The van der Waals surface area contributed by atoms with Crippen molar-refractivity contribution in [2.45, 2.75) is 45.8 Å². The van der Waals surface area contributed by atoms with Gasteiger partial charge in [0.05, 0.1) is 5.60 Å². The van der Waals surface area contributed by atoms with Crippen LogP contribution in [0.2, 0.25) is 0 Å². The van der Waals surface area contributed by atoms with E-state index in [9.17, 15) is 0 Å². The molecule has 2 heterocycles. The molecule has 1 aromatic heterocycles. The number of aryl methyl sites for hydroxylation is 1. The summed E-state index contributed by atoms with van der Waals surface area (Å²) in [5.74, 6) is 0. The van der Waals surface area contributed by atoms with Gasteiger partial charge in [-0.25, -0.2) is 0 Å². The molecule has 1 saturated heterocycles. The summed E-state index contributed by atoms with van der Waals surface area (Å²) < 4.78 is 8.01. The van der Waals surface area contributed by atoms with E-state index in [4.69, 9.17) is 4.74 Å². The smallest absolute Gasteiger partial charge is 0.0779 e. The number of aromatic nitrogens is 1. The molecule has 0 spiro atoms. The molecular formula is C14H24N2O. The van der Waals surface area contributed by atoms with Gasteiger partial charge in [-0.15, -0.1) is 0 Å². The first-order valence-electron chi connectivity index (χ1n) is 6.48. The highest BCUT2D eigenvalue weighted by Gasteiger charge is 2.29. The predicted molar refractivity (Wildman–Crippen MR) is 70.2 cm³/mol. The van der Waals surface area contributed by atoms with Crippen LogP contribution in [0.5, 0.6) is 0 Å². The van der Waals surface area contributed by atoms with E-state index in [2.05, 4.69) is 43.8 Å². The van der Waals surface area contributed by atoms with Crippen LogP contribution >= 0.6 is 0 Å². The molecule has 3 nitrogen and oxygen atoms in total. The van der Waals surface area contributed by atoms with Crippen LogP contribution < -0.4 is 5.32 Å². The van der Waals surface area contributed by atoms with Gasteiger partial charge in [0.2, 0.25) is 0 Å². The van der Waals surface area contributed by atoms with E-state index in [-0.39, 0.29) is 5.60 Å². The number of rotatable bonds is 4. The molecule has 0 aliphatic carbocycles. The number of ether oxygens (including phenoxy) is 1. The van der Waals surface area contributed by atoms with E-state index in [1.54, 1.807) is 0 Å². The maximum Gasteiger partial charge on any atom is 0.0779 e. The molecule has 1 aromatic rings. The molecule has 0 amide bonds. The standard InChI is InChI=1S/C14H24N2O/c1-11-8-13(12(2)16(11)4)9-15-10-14(3)6-5-7-17-14/h8,15H,5-7,9-10H2,1-4H3. The maximum atomic E-state index is 5.77. The second-order valence-corrected chi connectivity index (χ2v) is 5.46. The van der Waals surface area contributed by atoms with Gasteiger partial charge in [0, 0.05) is 38.1 Å². The number of hydrogen-bond acceptors (Lipinski definition) is 2. The highest BCUT2D eigenvalue weighted by molar-refractivity contribution is 5.26. The number of nitrogens with zero attached hydrogens (tertiary/aromatic N) is 1. The zero-order chi connectivity index (χ0) is 12.5. The largest absolute Gasteiger partial charge is 0.374 e. The first kappa shape index (κ1) is 12.7. The molecule has 1 N–H and O–H groups in total. The van der Waals surface area contributed by atoms with Crippen LogP contribution in [0.15, 0.2) is 6.07 Å². The van der Waals surface area contributed by atoms with Crippen molar-refractivity contribution in [2.75, 3.05) is 13.2 Å². The van der Waals surface area contributed by atoms with Gasteiger partial charge in [0.15, 0.2) is 0 Å². The Labute approximate surface area is 104 Å². The lowest BCUT2D eigenvalue weighted by atomic mass is 10.0. The minimum Gasteiger partial charge on any atom is -0.374 e. The summed E-state index contributed by atoms with van der Waals surface area (Å²) in [6.45, 7) is 9.33. The van der Waals surface area contributed by atoms with Crippen molar-refractivity contribution in [3.05, 3.63) is 23.0 Å². The Kier molecular flexibility index (Phi) is 3.59. The summed E-state index contributed by atoms with van der Waals surface area (Å²) in [6, 6.07) is 2.26. The third-order valence-electron chi connectivity index (χ3n) is 3.99. The molecule has 96 valence electrons. The summed E-state index contributed by atoms with van der Waals surface area (Å²) in [4.78, 5) is 0. The molecule has 1 aliphatic heterocycles. The monoisotopic (exact) mass is 236 g/mol. The molecule has 0 saturated carbocycles. The van der Waals surface area contributed by atoms with E-state index in [1.165, 1.54) is 29.8 Å². The number of nitrogens with one attached hydrogen (secondary N) is 1. The van der Waals surface area contributed by atoms with Crippen molar-refractivity contribution in [3.63, 3.8) is 0 Å². The molecule has 0 radical (unpaired) electrons. The average Bonchev–Trinajstić information content (AvgIpc) is 2.81. The Bertz CT molecular complexity index is 389. The van der Waals surface area contributed by atoms with E-state index in [0.29, 0.717) is 0 Å². The van der Waals surface area contributed by atoms with Crippen LogP contribution in [0.3, 0.4) is 0 Å². The van der Waals surface area contributed by atoms with Gasteiger partial charge in [-0.05, 0) is 45.2 Å². The second kappa shape index (κ2) is 4.83. The molecule has 0 bridgehead atoms. The van der Waals surface area contributed by atoms with Crippen LogP contribution in [0.4, 0.5) is 0 Å². The summed E-state index contributed by atoms with van der Waals surface area (Å²) in [5, 5.41) is 3.53. The van der Waals surface area contributed by atoms with Crippen LogP contribution in [-0.4, -0.2) is 23.3 Å². The van der Waals surface area contributed by atoms with Crippen LogP contribution in [0, 0.1) is 13.8 Å². The maximum absolute atomic E-state index is 5.77. The Hall–Kier alpha value is -0.800. The van der Waals surface area contributed by atoms with Gasteiger partial charge in [-0.2, -0.15) is 0 Å². The molecule has 1 unspecified atom stereocenters. The number of hydrogen-bond donors (Lipinski definition) is 1. The van der Waals surface area contributed by atoms with Crippen molar-refractivity contribution in [2.24, 2.45) is 7.05 Å². The lowest BCUT2D eigenvalue weighted by Crippen LogP contribution is -2.36. The zero-order valence-corrected chi connectivity index (χ0v) is 11.5. The minimum atomic E-state index is 0.0533. The quantitative estimate of drug-likeness (QED) is 0.868. The predicted octanol–water partition coefficient (Wildman–Crippen LogP) is 2.30. The molecule has 0 aromatic carbocycles. The summed E-state index contributed by atoms with van der Waals surface area (Å²) in [6.07, 6.45) is 2.37. The third-order valence-corrected chi connectivity index (χ3v) is 3.99. The van der Waals surface area contributed by atoms with Crippen LogP contribution in [0.1, 0.15) is 36.7 Å². The van der Waals surface area contributed by atoms with Crippen molar-refractivity contribution in [1.82, 2.24) is 9.88 Å². The van der Waals surface area contributed by atoms with Gasteiger partial charge in [0.1, 0.15) is 0 Å². The fourth-order valence-corrected chi connectivity index (χ4v) is 2.55. The van der Waals surface area contributed by atoms with Gasteiger partial charge in [-0.3, -0.25) is 0 Å². The van der Waals surface area contributed by atoms with E-state index in [1.807, 2.05) is 0 Å². The zero-order valence-electron chi connectivity index (χ0n) is 11.5. The minimum absolute atomic E-state index is 0.0533. The SMILES string of the molecule is Cc1cc(CNCC2(C)CCCO2)c(C)n1C. The van der Waals surface area contributed by atoms with E-state index >= 15 is 0 Å². The highest BCUT2D eigenvalue weighted by Crippen LogP contribution is 2.24. The molecular weight excluding hydrogens is 212 g/mol. The summed E-state index contributed by atoms with van der Waals surface area (Å²) >= 11 is 0. The van der Waals surface area contributed by atoms with Gasteiger partial charge in [0.25, 0.3) is 0 Å². The molecule has 17 heavy (non-hydrogen) atoms. The molecule has 1 atom stereocenters. The lowest BCUT2D eigenvalue weighted by molar-refractivity contribution is 0.0206. The molecule has 1 aliphatic rings. The van der Waals surface area contributed by atoms with Gasteiger partial charge >= 0.3 is 0 Å². The van der Waals surface area contributed by atoms with Crippen LogP contribution in [0.25, 0.3) is 0 Å². The molecule has 2 rings (SSSR count). The Morgan fingerprint density at radius 2 is 2.24 bits per heavy atom. The highest BCUT2D eigenvalue weighted by atomic mass is 16.5. The third kappa shape index (κ3) is 2.72. The van der Waals surface area contributed by atoms with Crippen molar-refractivity contribution < 1.29 is 4.74 Å². The van der Waals surface area contributed by atoms with E-state index in [0.717, 1.165) is 19.7 Å². The van der Waals surface area contributed by atoms with E-state index < -0.39 is 0 Å². The van der Waals surface area contributed by atoms with Crippen molar-refractivity contribution in [1.29, 1.82) is 0 Å². The second-order valence-electron chi connectivity index (χ2n) is 5.46. The topological polar surface area (TPSA) is 26.2 Å². The Morgan fingerprint density at radius 1 is 1.47 bits per heavy atom. The summed E-state index contributed by atoms with van der Waals surface area (Å²) in [5.41, 5.74) is 4.12. The Balaban J connectivity index is 1.87. The first-order valence-corrected chi connectivity index (χ1v) is 6.48. The average molecular weight is 236 g/mol. The van der Waals surface area contributed by atoms with Crippen molar-refractivity contribution in [3.8, 4) is 0 Å². The first-order chi connectivity index (χ1) is 8.02. The van der Waals surface area contributed by atoms with Gasteiger partial charge < -0.3 is 14.6 Å². The normalized spacial score (nSPS) is 24.5. The van der Waals surface area contributed by atoms with Crippen molar-refractivity contribution >= 4 is 0 Å². The fraction of sp³-hybridized carbons (Fsp3) is 0.714. The lowest BCUT2D eigenvalue weighted by Gasteiger charge is -2.23. The van der Waals surface area contributed by atoms with Gasteiger partial charge in [-0.1, -0.05) is 0 Å².